The minimum atomic E-state index is -3.61. The van der Waals surface area contributed by atoms with E-state index in [2.05, 4.69) is 32.9 Å². The summed E-state index contributed by atoms with van der Waals surface area (Å²) in [5.74, 6) is 0. The van der Waals surface area contributed by atoms with E-state index in [1.54, 1.807) is 22.6 Å². The quantitative estimate of drug-likeness (QED) is 0.357. The smallest absolute Gasteiger partial charge is 0.264 e. The second-order valence-electron chi connectivity index (χ2n) is 8.76. The first-order valence-electron chi connectivity index (χ1n) is 11.8. The largest absolute Gasteiger partial charge is 0.410 e. The number of rotatable bonds is 10. The number of hydrogen-bond donors (Lipinski definition) is 0. The Morgan fingerprint density at radius 3 is 2.22 bits per heavy atom. The zero-order valence-electron chi connectivity index (χ0n) is 19.8. The van der Waals surface area contributed by atoms with Crippen molar-refractivity contribution in [1.82, 2.24) is 4.31 Å². The van der Waals surface area contributed by atoms with E-state index in [1.165, 1.54) is 0 Å². The monoisotopic (exact) mass is 471 g/mol. The van der Waals surface area contributed by atoms with Crippen LogP contribution in [0.3, 0.4) is 0 Å². The first-order valence-corrected chi connectivity index (χ1v) is 15.8. The molecule has 0 fully saturated rings. The Kier molecular flexibility index (Phi) is 8.36. The summed E-state index contributed by atoms with van der Waals surface area (Å²) in [4.78, 5) is 0.344. The normalized spacial score (nSPS) is 18.0. The third-order valence-electron chi connectivity index (χ3n) is 6.86. The molecule has 0 aromatic heterocycles. The van der Waals surface area contributed by atoms with Crippen LogP contribution in [0.1, 0.15) is 57.3 Å². The van der Waals surface area contributed by atoms with Gasteiger partial charge in [0.1, 0.15) is 0 Å². The number of nitrogens with zero attached hydrogens (tertiary/aromatic N) is 1. The highest BCUT2D eigenvalue weighted by Gasteiger charge is 2.37. The summed E-state index contributed by atoms with van der Waals surface area (Å²) in [7, 11) is -5.49. The molecule has 0 saturated carbocycles. The Morgan fingerprint density at radius 1 is 1.00 bits per heavy atom. The van der Waals surface area contributed by atoms with Gasteiger partial charge < -0.3 is 4.43 Å². The fourth-order valence-corrected chi connectivity index (χ4v) is 8.90. The van der Waals surface area contributed by atoms with Crippen molar-refractivity contribution in [2.24, 2.45) is 0 Å². The summed E-state index contributed by atoms with van der Waals surface area (Å²) >= 11 is 0. The maximum atomic E-state index is 13.5. The van der Waals surface area contributed by atoms with Crippen LogP contribution in [0.4, 0.5) is 0 Å². The van der Waals surface area contributed by atoms with Crippen LogP contribution in [-0.4, -0.2) is 27.1 Å². The van der Waals surface area contributed by atoms with Crippen LogP contribution in [0.5, 0.6) is 0 Å². The lowest BCUT2D eigenvalue weighted by atomic mass is 9.98. The molecule has 0 spiro atoms. The van der Waals surface area contributed by atoms with E-state index < -0.39 is 18.3 Å². The van der Waals surface area contributed by atoms with Gasteiger partial charge in [-0.25, -0.2) is 8.42 Å². The SMILES string of the molecule is CC[Si](CC)(CC)O[C@H](C[C@@H]1CCC=CN1S(=O)(=O)c1ccc(C)cc1)c1ccccc1. The van der Waals surface area contributed by atoms with Crippen LogP contribution in [0.2, 0.25) is 18.1 Å². The van der Waals surface area contributed by atoms with Crippen LogP contribution in [-0.2, 0) is 14.4 Å². The first kappa shape index (κ1) is 24.7. The van der Waals surface area contributed by atoms with Gasteiger partial charge in [-0.1, -0.05) is 74.9 Å². The van der Waals surface area contributed by atoms with Crippen LogP contribution in [0, 0.1) is 6.92 Å². The van der Waals surface area contributed by atoms with Gasteiger partial charge in [0.25, 0.3) is 10.0 Å². The summed E-state index contributed by atoms with van der Waals surface area (Å²) in [6, 6.07) is 20.5. The Balaban J connectivity index is 1.93. The van der Waals surface area contributed by atoms with E-state index >= 15 is 0 Å². The van der Waals surface area contributed by atoms with E-state index in [1.807, 2.05) is 43.3 Å². The van der Waals surface area contributed by atoms with Crippen molar-refractivity contribution in [3.63, 3.8) is 0 Å². The second kappa shape index (κ2) is 10.8. The average molecular weight is 472 g/mol. The van der Waals surface area contributed by atoms with Crippen molar-refractivity contribution in [3.05, 3.63) is 78.0 Å². The fraction of sp³-hybridized carbons (Fsp3) is 0.462. The Hall–Kier alpha value is -1.89. The molecule has 1 aliphatic heterocycles. The summed E-state index contributed by atoms with van der Waals surface area (Å²) in [5.41, 5.74) is 2.19. The van der Waals surface area contributed by atoms with Gasteiger partial charge >= 0.3 is 0 Å². The molecule has 0 unspecified atom stereocenters. The third kappa shape index (κ3) is 5.53. The van der Waals surface area contributed by atoms with Gasteiger partial charge in [-0.15, -0.1) is 0 Å². The van der Waals surface area contributed by atoms with Gasteiger partial charge in [0.15, 0.2) is 8.32 Å². The van der Waals surface area contributed by atoms with Crippen molar-refractivity contribution >= 4 is 18.3 Å². The molecule has 32 heavy (non-hydrogen) atoms. The maximum absolute atomic E-state index is 13.5. The molecule has 6 heteroatoms. The minimum absolute atomic E-state index is 0.102. The van der Waals surface area contributed by atoms with Crippen molar-refractivity contribution < 1.29 is 12.8 Å². The maximum Gasteiger partial charge on any atom is 0.264 e. The topological polar surface area (TPSA) is 46.6 Å². The van der Waals surface area contributed by atoms with Gasteiger partial charge in [-0.3, -0.25) is 4.31 Å². The number of hydrogen-bond acceptors (Lipinski definition) is 3. The van der Waals surface area contributed by atoms with Gasteiger partial charge in [0.05, 0.1) is 11.0 Å². The van der Waals surface area contributed by atoms with Crippen LogP contribution in [0.15, 0.2) is 71.8 Å². The van der Waals surface area contributed by atoms with Crippen LogP contribution >= 0.6 is 0 Å². The lowest BCUT2D eigenvalue weighted by molar-refractivity contribution is 0.148. The molecule has 0 aliphatic carbocycles. The molecule has 0 radical (unpaired) electrons. The van der Waals surface area contributed by atoms with E-state index in [0.29, 0.717) is 11.3 Å². The van der Waals surface area contributed by atoms with Gasteiger partial charge in [-0.05, 0) is 62.0 Å². The van der Waals surface area contributed by atoms with E-state index in [0.717, 1.165) is 42.1 Å². The highest BCUT2D eigenvalue weighted by Crippen LogP contribution is 2.36. The number of allylic oxidation sites excluding steroid dienone is 1. The lowest BCUT2D eigenvalue weighted by Crippen LogP contribution is -2.42. The summed E-state index contributed by atoms with van der Waals surface area (Å²) in [5, 5.41) is 0. The lowest BCUT2D eigenvalue weighted by Gasteiger charge is -2.38. The zero-order chi connectivity index (χ0) is 23.2. The second-order valence-corrected chi connectivity index (χ2v) is 15.3. The summed E-state index contributed by atoms with van der Waals surface area (Å²) in [6.07, 6.45) is 5.96. The standard InChI is InChI=1S/C26H37NO3SSi/c1-5-32(6-2,7-3)30-26(23-13-9-8-10-14-23)21-24-15-11-12-20-27(24)31(28,29)25-18-16-22(4)17-19-25/h8-10,12-14,16-20,24,26H,5-7,11,15,21H2,1-4H3/t24-,26+/m0/s1. The third-order valence-corrected chi connectivity index (χ3v) is 13.4. The van der Waals surface area contributed by atoms with Crippen molar-refractivity contribution in [2.75, 3.05) is 0 Å². The van der Waals surface area contributed by atoms with Crippen molar-refractivity contribution in [2.45, 2.75) is 82.1 Å². The van der Waals surface area contributed by atoms with E-state index in [9.17, 15) is 8.42 Å². The van der Waals surface area contributed by atoms with E-state index in [4.69, 9.17) is 4.43 Å². The molecule has 1 aliphatic rings. The van der Waals surface area contributed by atoms with Gasteiger partial charge in [-0.2, -0.15) is 0 Å². The first-order chi connectivity index (χ1) is 15.3. The number of sulfonamides is 1. The average Bonchev–Trinajstić information content (AvgIpc) is 2.83. The molecule has 1 heterocycles. The molecule has 174 valence electrons. The summed E-state index contributed by atoms with van der Waals surface area (Å²) in [6.45, 7) is 8.67. The molecular weight excluding hydrogens is 434 g/mol. The van der Waals surface area contributed by atoms with Gasteiger partial charge in [0, 0.05) is 12.2 Å². The Morgan fingerprint density at radius 2 is 1.62 bits per heavy atom. The minimum Gasteiger partial charge on any atom is -0.410 e. The number of benzene rings is 2. The zero-order valence-corrected chi connectivity index (χ0v) is 21.6. The molecule has 2 aromatic rings. The Labute approximate surface area is 195 Å². The predicted octanol–water partition coefficient (Wildman–Crippen LogP) is 6.82. The molecule has 3 rings (SSSR count). The molecule has 2 atom stereocenters. The molecule has 0 saturated heterocycles. The molecular formula is C26H37NO3SSi. The Bertz CT molecular complexity index is 977. The molecule has 4 nitrogen and oxygen atoms in total. The highest BCUT2D eigenvalue weighted by molar-refractivity contribution is 7.89. The molecule has 2 aromatic carbocycles. The van der Waals surface area contributed by atoms with Gasteiger partial charge in [0.2, 0.25) is 0 Å². The summed E-state index contributed by atoms with van der Waals surface area (Å²) < 4.78 is 35.6. The van der Waals surface area contributed by atoms with Crippen molar-refractivity contribution in [3.8, 4) is 0 Å². The fourth-order valence-electron chi connectivity index (χ4n) is 4.51. The highest BCUT2D eigenvalue weighted by atomic mass is 32.2. The number of aryl methyl sites for hydroxylation is 1. The van der Waals surface area contributed by atoms with Crippen molar-refractivity contribution in [1.29, 1.82) is 0 Å². The molecule has 0 N–H and O–H groups in total. The van der Waals surface area contributed by atoms with Crippen LogP contribution < -0.4 is 0 Å². The molecule has 0 bridgehead atoms. The van der Waals surface area contributed by atoms with Crippen LogP contribution in [0.25, 0.3) is 0 Å². The van der Waals surface area contributed by atoms with E-state index in [-0.39, 0.29) is 12.1 Å². The predicted molar refractivity (Wildman–Crippen MR) is 134 cm³/mol. The molecule has 0 amide bonds.